The molecule has 2 aliphatic carbocycles. The number of aromatic nitrogens is 2. The van der Waals surface area contributed by atoms with E-state index < -0.39 is 10.8 Å². The molecule has 0 amide bonds. The highest BCUT2D eigenvalue weighted by molar-refractivity contribution is 6.86. The van der Waals surface area contributed by atoms with Crippen molar-refractivity contribution >= 4 is 113 Å². The van der Waals surface area contributed by atoms with Gasteiger partial charge in [0.25, 0.3) is 0 Å². The fourth-order valence-electron chi connectivity index (χ4n) is 20.0. The first-order valence-corrected chi connectivity index (χ1v) is 31.2. The lowest BCUT2D eigenvalue weighted by Gasteiger charge is -2.63. The van der Waals surface area contributed by atoms with Gasteiger partial charge >= 0.3 is 13.7 Å². The molecular formula is C80H52B2N4O. The van der Waals surface area contributed by atoms with E-state index in [0.29, 0.717) is 0 Å². The van der Waals surface area contributed by atoms with Crippen molar-refractivity contribution in [3.63, 3.8) is 0 Å². The minimum absolute atomic E-state index is 0.0673. The van der Waals surface area contributed by atoms with Crippen LogP contribution in [0.3, 0.4) is 0 Å². The van der Waals surface area contributed by atoms with E-state index in [2.05, 4.69) is 277 Å². The minimum atomic E-state index is -0.637. The topological polar surface area (TPSA) is 29.5 Å². The Hall–Kier alpha value is -10.2. The molecule has 404 valence electrons. The Labute approximate surface area is 503 Å². The third-order valence-corrected chi connectivity index (χ3v) is 22.8. The first-order valence-electron chi connectivity index (χ1n) is 31.2. The maximum absolute atomic E-state index is 7.22. The lowest BCUT2D eigenvalue weighted by molar-refractivity contribution is 0.444. The van der Waals surface area contributed by atoms with Crippen molar-refractivity contribution in [2.75, 3.05) is 9.80 Å². The number of rotatable bonds is 4. The molecule has 0 spiro atoms. The van der Waals surface area contributed by atoms with E-state index in [1.165, 1.54) is 155 Å². The van der Waals surface area contributed by atoms with Crippen LogP contribution >= 0.6 is 0 Å². The van der Waals surface area contributed by atoms with E-state index in [4.69, 9.17) is 4.42 Å². The third-order valence-electron chi connectivity index (χ3n) is 22.8. The van der Waals surface area contributed by atoms with Gasteiger partial charge in [-0.1, -0.05) is 226 Å². The molecule has 7 heteroatoms. The van der Waals surface area contributed by atoms with Gasteiger partial charge in [0.15, 0.2) is 5.58 Å². The first-order chi connectivity index (χ1) is 42.9. The van der Waals surface area contributed by atoms with Gasteiger partial charge in [0.2, 0.25) is 0 Å². The molecule has 0 saturated heterocycles. The Morgan fingerprint density at radius 1 is 0.368 bits per heavy atom. The van der Waals surface area contributed by atoms with Crippen molar-refractivity contribution in [2.45, 2.75) is 38.5 Å². The van der Waals surface area contributed by atoms with Crippen LogP contribution in [-0.4, -0.2) is 22.7 Å². The van der Waals surface area contributed by atoms with Crippen LogP contribution in [-0.2, 0) is 10.8 Å². The molecule has 0 fully saturated rings. The van der Waals surface area contributed by atoms with Crippen LogP contribution < -0.4 is 20.7 Å². The van der Waals surface area contributed by atoms with Crippen LogP contribution in [0.15, 0.2) is 268 Å². The quantitative estimate of drug-likeness (QED) is 0.130. The Balaban J connectivity index is 0.937. The summed E-state index contributed by atoms with van der Waals surface area (Å²) < 4.78 is 12.9. The third kappa shape index (κ3) is 4.94. The predicted molar refractivity (Wildman–Crippen MR) is 361 cm³/mol. The lowest BCUT2D eigenvalue weighted by Crippen LogP contribution is -2.65. The normalized spacial score (nSPS) is 21.0. The highest BCUT2D eigenvalue weighted by Gasteiger charge is 2.67. The number of allylic oxidation sites excluding steroid dienone is 5. The summed E-state index contributed by atoms with van der Waals surface area (Å²) in [5, 5.41) is 7.61. The molecule has 0 saturated carbocycles. The zero-order valence-electron chi connectivity index (χ0n) is 48.4. The molecule has 4 atom stereocenters. The smallest absolute Gasteiger partial charge is 0.329 e. The second-order valence-electron chi connectivity index (χ2n) is 26.3. The van der Waals surface area contributed by atoms with Crippen LogP contribution in [0.1, 0.15) is 38.8 Å². The van der Waals surface area contributed by atoms with E-state index in [0.717, 1.165) is 27.6 Å². The van der Waals surface area contributed by atoms with Gasteiger partial charge in [-0.25, -0.2) is 0 Å². The number of anilines is 4. The summed E-state index contributed by atoms with van der Waals surface area (Å²) >= 11 is 0. The van der Waals surface area contributed by atoms with E-state index in [1.54, 1.807) is 5.57 Å². The second-order valence-corrected chi connectivity index (χ2v) is 26.3. The average molecular weight is 1110 g/mol. The summed E-state index contributed by atoms with van der Waals surface area (Å²) in [4.78, 5) is 5.56. The van der Waals surface area contributed by atoms with E-state index >= 15 is 0 Å². The zero-order chi connectivity index (χ0) is 56.8. The number of benzene rings is 11. The summed E-state index contributed by atoms with van der Waals surface area (Å²) in [5.41, 5.74) is 35.3. The molecule has 5 nitrogen and oxygen atoms in total. The van der Waals surface area contributed by atoms with Crippen molar-refractivity contribution in [1.29, 1.82) is 0 Å². The largest absolute Gasteiger partial charge is 0.454 e. The van der Waals surface area contributed by atoms with Crippen LogP contribution in [0.4, 0.5) is 22.7 Å². The molecule has 0 N–H and O–H groups in total. The number of furan rings is 1. The van der Waals surface area contributed by atoms with Crippen LogP contribution in [0.25, 0.3) is 110 Å². The van der Waals surface area contributed by atoms with Crippen molar-refractivity contribution in [1.82, 2.24) is 8.96 Å². The molecule has 3 aromatic heterocycles. The second kappa shape index (κ2) is 15.2. The molecule has 8 aliphatic rings. The number of hydrogen-bond acceptors (Lipinski definition) is 3. The Morgan fingerprint density at radius 3 is 1.36 bits per heavy atom. The Bertz CT molecular complexity index is 5700. The van der Waals surface area contributed by atoms with Gasteiger partial charge in [0.1, 0.15) is 5.58 Å². The summed E-state index contributed by atoms with van der Waals surface area (Å²) in [5.74, 6) is -0.138. The SMILES string of the molecule is CC1C2=C(C3(C)C4=C1N(c1c(-c5ccccc5)cccc1-c1ccccc1)c1cccc5c1B4n1c4c-5cccc4c4cccc3c41)C1(C)C3=C(C2C)N(c2cccc4c2oc2ccccc24)c2cccc4c2B3n2c3c-4cccc3c3cccc1c32. The average Bonchev–Trinajstić information content (AvgIpc) is 1.62. The molecular weight excluding hydrogens is 1050 g/mol. The molecule has 14 aromatic rings. The van der Waals surface area contributed by atoms with Crippen LogP contribution in [0.5, 0.6) is 0 Å². The van der Waals surface area contributed by atoms with Gasteiger partial charge < -0.3 is 23.2 Å². The summed E-state index contributed by atoms with van der Waals surface area (Å²) in [7, 11) is 0. The van der Waals surface area contributed by atoms with E-state index in [9.17, 15) is 0 Å². The van der Waals surface area contributed by atoms with Gasteiger partial charge in [0, 0.05) is 122 Å². The standard InChI is InChI=1S/C80H52B2N4O/c1-43-65-44(2)69-78-80(4,60-38-17-35-57-55-33-15-31-53-51-29-19-40-62(67(51)82(78)86(72(53)55)74(57)60)84(69)70-47(45-21-7-5-8-22-45)26-13-27-48(70)46-23-9-6-10-24-46)76(65)79(3)59-37-16-34-56-54-32-14-30-52-50-28-18-39-61-66(50)81(85(71(52)54)73(56)59)77(79)68(43)83(61)63-41-20-36-58-49-25-11-12-42-64(49)87-75(58)63/h5-44H,1-4H3. The molecule has 0 radical (unpaired) electrons. The fourth-order valence-corrected chi connectivity index (χ4v) is 20.0. The van der Waals surface area contributed by atoms with Crippen molar-refractivity contribution in [2.24, 2.45) is 11.8 Å². The van der Waals surface area contributed by atoms with Crippen molar-refractivity contribution in [3.05, 3.63) is 275 Å². The van der Waals surface area contributed by atoms with Crippen molar-refractivity contribution in [3.8, 4) is 44.5 Å². The number of nitrogens with zero attached hydrogens (tertiary/aromatic N) is 4. The maximum atomic E-state index is 7.22. The summed E-state index contributed by atoms with van der Waals surface area (Å²) in [6.07, 6.45) is 0. The van der Waals surface area contributed by atoms with Gasteiger partial charge in [-0.2, -0.15) is 0 Å². The molecule has 87 heavy (non-hydrogen) atoms. The molecule has 0 bridgehead atoms. The van der Waals surface area contributed by atoms with Crippen molar-refractivity contribution < 1.29 is 4.42 Å². The molecule has 22 rings (SSSR count). The lowest BCUT2D eigenvalue weighted by atomic mass is 9.29. The predicted octanol–water partition coefficient (Wildman–Crippen LogP) is 18.3. The minimum Gasteiger partial charge on any atom is -0.454 e. The highest BCUT2D eigenvalue weighted by Crippen LogP contribution is 2.71. The van der Waals surface area contributed by atoms with Gasteiger partial charge in [-0.3, -0.25) is 0 Å². The van der Waals surface area contributed by atoms with E-state index in [-0.39, 0.29) is 25.5 Å². The van der Waals surface area contributed by atoms with Crippen LogP contribution in [0.2, 0.25) is 0 Å². The first kappa shape index (κ1) is 46.1. The number of para-hydroxylation sites is 7. The van der Waals surface area contributed by atoms with Crippen LogP contribution in [0, 0.1) is 11.8 Å². The monoisotopic (exact) mass is 1110 g/mol. The summed E-state index contributed by atoms with van der Waals surface area (Å²) in [6.45, 7) is 10.5. The van der Waals surface area contributed by atoms with Gasteiger partial charge in [-0.15, -0.1) is 0 Å². The zero-order valence-corrected chi connectivity index (χ0v) is 48.4. The summed E-state index contributed by atoms with van der Waals surface area (Å²) in [6, 6.07) is 88.3. The molecule has 4 unspecified atom stereocenters. The maximum Gasteiger partial charge on any atom is 0.329 e. The molecule has 9 heterocycles. The Kier molecular flexibility index (Phi) is 8.07. The number of fused-ring (bicyclic) bond motifs is 11. The number of hydrogen-bond donors (Lipinski definition) is 0. The van der Waals surface area contributed by atoms with Gasteiger partial charge in [0.05, 0.1) is 11.4 Å². The van der Waals surface area contributed by atoms with E-state index in [1.807, 2.05) is 0 Å². The fraction of sp³-hybridized carbons (Fsp3) is 0.100. The molecule has 11 aromatic carbocycles. The molecule has 6 aliphatic heterocycles. The Morgan fingerprint density at radius 2 is 0.782 bits per heavy atom. The van der Waals surface area contributed by atoms with Gasteiger partial charge in [-0.05, 0) is 98.9 Å². The highest BCUT2D eigenvalue weighted by atomic mass is 16.3.